The zero-order chi connectivity index (χ0) is 19.0. The fourth-order valence-electron chi connectivity index (χ4n) is 3.27. The van der Waals surface area contributed by atoms with Gasteiger partial charge in [-0.2, -0.15) is 5.10 Å². The van der Waals surface area contributed by atoms with E-state index in [9.17, 15) is 4.39 Å². The van der Waals surface area contributed by atoms with Gasteiger partial charge in [0, 0.05) is 48.6 Å². The minimum atomic E-state index is -0.313. The molecule has 0 N–H and O–H groups in total. The van der Waals surface area contributed by atoms with Crippen molar-refractivity contribution in [2.75, 3.05) is 36.0 Å². The van der Waals surface area contributed by atoms with E-state index in [1.807, 2.05) is 35.6 Å². The van der Waals surface area contributed by atoms with Crippen LogP contribution in [-0.2, 0) is 0 Å². The van der Waals surface area contributed by atoms with Gasteiger partial charge in [0.25, 0.3) is 0 Å². The summed E-state index contributed by atoms with van der Waals surface area (Å²) in [6.45, 7) is 6.76. The van der Waals surface area contributed by atoms with Gasteiger partial charge in [0.15, 0.2) is 17.5 Å². The summed E-state index contributed by atoms with van der Waals surface area (Å²) in [6, 6.07) is 5.40. The Morgan fingerprint density at radius 1 is 0.926 bits per heavy atom. The highest BCUT2D eigenvalue weighted by molar-refractivity contribution is 9.10. The second kappa shape index (κ2) is 7.22. The van der Waals surface area contributed by atoms with Crippen LogP contribution in [0.15, 0.2) is 35.2 Å². The Morgan fingerprint density at radius 2 is 1.63 bits per heavy atom. The summed E-state index contributed by atoms with van der Waals surface area (Å²) >= 11 is 3.24. The third-order valence-electron chi connectivity index (χ3n) is 4.56. The van der Waals surface area contributed by atoms with Gasteiger partial charge >= 0.3 is 0 Å². The first-order valence-corrected chi connectivity index (χ1v) is 9.47. The summed E-state index contributed by atoms with van der Waals surface area (Å²) in [6.07, 6.45) is 3.18. The number of piperazine rings is 1. The molecule has 1 saturated heterocycles. The molecule has 0 unspecified atom stereocenters. The van der Waals surface area contributed by atoms with Gasteiger partial charge in [0.05, 0.1) is 5.69 Å². The molecule has 1 fully saturated rings. The monoisotopic (exact) mass is 431 g/mol. The first-order chi connectivity index (χ1) is 13.0. The molecule has 3 aromatic heterocycles. The van der Waals surface area contributed by atoms with Gasteiger partial charge in [-0.05, 0) is 41.9 Å². The van der Waals surface area contributed by atoms with E-state index in [4.69, 9.17) is 0 Å². The van der Waals surface area contributed by atoms with Crippen LogP contribution in [0.25, 0.3) is 5.82 Å². The van der Waals surface area contributed by atoms with Crippen LogP contribution in [0.4, 0.5) is 16.0 Å². The molecule has 27 heavy (non-hydrogen) atoms. The van der Waals surface area contributed by atoms with Gasteiger partial charge in [-0.3, -0.25) is 0 Å². The van der Waals surface area contributed by atoms with Crippen LogP contribution in [0, 0.1) is 19.7 Å². The fraction of sp³-hybridized carbons (Fsp3) is 0.333. The van der Waals surface area contributed by atoms with Crippen molar-refractivity contribution in [2.24, 2.45) is 0 Å². The summed E-state index contributed by atoms with van der Waals surface area (Å²) in [5.41, 5.74) is 1.98. The Kier molecular flexibility index (Phi) is 4.77. The lowest BCUT2D eigenvalue weighted by atomic mass is 10.3. The second-order valence-corrected chi connectivity index (χ2v) is 7.42. The van der Waals surface area contributed by atoms with Crippen molar-refractivity contribution in [3.63, 3.8) is 0 Å². The number of nitrogens with zero attached hydrogens (tertiary/aromatic N) is 7. The van der Waals surface area contributed by atoms with Crippen molar-refractivity contribution in [3.8, 4) is 5.82 Å². The summed E-state index contributed by atoms with van der Waals surface area (Å²) in [4.78, 5) is 17.1. The molecule has 0 amide bonds. The topological polar surface area (TPSA) is 63.0 Å². The highest BCUT2D eigenvalue weighted by atomic mass is 79.9. The third kappa shape index (κ3) is 3.64. The lowest BCUT2D eigenvalue weighted by molar-refractivity contribution is 0.586. The third-order valence-corrected chi connectivity index (χ3v) is 4.99. The van der Waals surface area contributed by atoms with Crippen LogP contribution in [-0.4, -0.2) is 50.9 Å². The van der Waals surface area contributed by atoms with Gasteiger partial charge in [-0.15, -0.1) is 0 Å². The Morgan fingerprint density at radius 3 is 2.30 bits per heavy atom. The Hall–Kier alpha value is -2.55. The Bertz CT molecular complexity index is 966. The fourth-order valence-corrected chi connectivity index (χ4v) is 3.58. The van der Waals surface area contributed by atoms with Crippen molar-refractivity contribution in [1.29, 1.82) is 0 Å². The molecule has 0 bridgehead atoms. The van der Waals surface area contributed by atoms with E-state index >= 15 is 0 Å². The average Bonchev–Trinajstić information content (AvgIpc) is 3.00. The molecule has 4 heterocycles. The first kappa shape index (κ1) is 17.8. The van der Waals surface area contributed by atoms with E-state index in [2.05, 4.69) is 40.9 Å². The van der Waals surface area contributed by atoms with Gasteiger partial charge < -0.3 is 9.80 Å². The largest absolute Gasteiger partial charge is 0.353 e. The molecule has 140 valence electrons. The van der Waals surface area contributed by atoms with Crippen molar-refractivity contribution in [1.82, 2.24) is 24.7 Å². The molecule has 0 saturated carbocycles. The molecule has 9 heteroatoms. The van der Waals surface area contributed by atoms with Crippen LogP contribution in [0.2, 0.25) is 0 Å². The molecule has 4 rings (SSSR count). The highest BCUT2D eigenvalue weighted by Crippen LogP contribution is 2.23. The van der Waals surface area contributed by atoms with E-state index in [1.165, 1.54) is 6.07 Å². The minimum Gasteiger partial charge on any atom is -0.353 e. The molecule has 0 spiro atoms. The average molecular weight is 432 g/mol. The van der Waals surface area contributed by atoms with Gasteiger partial charge in [-0.1, -0.05) is 0 Å². The van der Waals surface area contributed by atoms with E-state index in [0.717, 1.165) is 36.1 Å². The molecule has 1 aliphatic rings. The molecular formula is C18H19BrFN7. The van der Waals surface area contributed by atoms with Crippen LogP contribution in [0.5, 0.6) is 0 Å². The number of hydrogen-bond acceptors (Lipinski definition) is 6. The predicted molar refractivity (Wildman–Crippen MR) is 105 cm³/mol. The number of aromatic nitrogens is 5. The standard InChI is InChI=1S/C18H19BrFN7/c1-12-7-13(2)27(24-12)17-9-16(22-11-23-17)25-3-5-26(6-4-25)18-15(20)8-14(19)10-21-18/h7-11H,3-6H2,1-2H3. The zero-order valence-corrected chi connectivity index (χ0v) is 16.7. The maximum absolute atomic E-state index is 14.2. The van der Waals surface area contributed by atoms with Crippen molar-refractivity contribution in [2.45, 2.75) is 13.8 Å². The molecule has 0 radical (unpaired) electrons. The normalized spacial score (nSPS) is 14.7. The molecule has 0 aromatic carbocycles. The number of aryl methyl sites for hydroxylation is 2. The number of hydrogen-bond donors (Lipinski definition) is 0. The van der Waals surface area contributed by atoms with E-state index in [0.29, 0.717) is 23.4 Å². The van der Waals surface area contributed by atoms with Crippen LogP contribution < -0.4 is 9.80 Å². The van der Waals surface area contributed by atoms with Gasteiger partial charge in [0.1, 0.15) is 12.1 Å². The number of anilines is 2. The molecule has 0 atom stereocenters. The minimum absolute atomic E-state index is 0.313. The number of rotatable bonds is 3. The van der Waals surface area contributed by atoms with Gasteiger partial charge in [-0.25, -0.2) is 24.0 Å². The lowest BCUT2D eigenvalue weighted by Gasteiger charge is -2.36. The van der Waals surface area contributed by atoms with Crippen molar-refractivity contribution in [3.05, 3.63) is 52.4 Å². The van der Waals surface area contributed by atoms with Crippen molar-refractivity contribution < 1.29 is 4.39 Å². The van der Waals surface area contributed by atoms with E-state index in [1.54, 1.807) is 12.5 Å². The summed E-state index contributed by atoms with van der Waals surface area (Å²) in [5, 5.41) is 4.48. The van der Waals surface area contributed by atoms with E-state index < -0.39 is 0 Å². The second-order valence-electron chi connectivity index (χ2n) is 6.51. The molecule has 0 aliphatic carbocycles. The van der Waals surface area contributed by atoms with E-state index in [-0.39, 0.29) is 5.82 Å². The molecule has 1 aliphatic heterocycles. The lowest BCUT2D eigenvalue weighted by Crippen LogP contribution is -2.47. The SMILES string of the molecule is Cc1cc(C)n(-c2cc(N3CCN(c4ncc(Br)cc4F)CC3)ncn2)n1. The number of halogens is 2. The maximum Gasteiger partial charge on any atom is 0.166 e. The first-order valence-electron chi connectivity index (χ1n) is 8.68. The quantitative estimate of drug-likeness (QED) is 0.635. The zero-order valence-electron chi connectivity index (χ0n) is 15.1. The smallest absolute Gasteiger partial charge is 0.166 e. The summed E-state index contributed by atoms with van der Waals surface area (Å²) < 4.78 is 16.6. The van der Waals surface area contributed by atoms with Crippen LogP contribution in [0.1, 0.15) is 11.4 Å². The predicted octanol–water partition coefficient (Wildman–Crippen LogP) is 2.90. The highest BCUT2D eigenvalue weighted by Gasteiger charge is 2.22. The Labute approximate surface area is 165 Å². The number of pyridine rings is 1. The van der Waals surface area contributed by atoms with Crippen LogP contribution in [0.3, 0.4) is 0 Å². The summed E-state index contributed by atoms with van der Waals surface area (Å²) in [7, 11) is 0. The van der Waals surface area contributed by atoms with Crippen LogP contribution >= 0.6 is 15.9 Å². The maximum atomic E-state index is 14.2. The van der Waals surface area contributed by atoms with Crippen molar-refractivity contribution >= 4 is 27.6 Å². The molecular weight excluding hydrogens is 413 g/mol. The molecule has 7 nitrogen and oxygen atoms in total. The molecule has 3 aromatic rings. The van der Waals surface area contributed by atoms with Gasteiger partial charge in [0.2, 0.25) is 0 Å². The Balaban J connectivity index is 1.50. The summed E-state index contributed by atoms with van der Waals surface area (Å²) in [5.74, 6) is 1.67.